The van der Waals surface area contributed by atoms with Crippen LogP contribution in [0.3, 0.4) is 0 Å². The van der Waals surface area contributed by atoms with Gasteiger partial charge in [-0.3, -0.25) is 4.79 Å². The number of carboxylic acid groups (broad SMARTS) is 1. The van der Waals surface area contributed by atoms with Gasteiger partial charge in [-0.1, -0.05) is 61.7 Å². The first-order valence-electron chi connectivity index (χ1n) is 23.3. The third kappa shape index (κ3) is 8.95. The summed E-state index contributed by atoms with van der Waals surface area (Å²) >= 11 is 6.18. The van der Waals surface area contributed by atoms with Crippen molar-refractivity contribution in [2.75, 3.05) is 0 Å². The molecule has 4 heterocycles. The number of aliphatic hydroxyl groups is 4. The first-order valence-corrected chi connectivity index (χ1v) is 23.7. The quantitative estimate of drug-likeness (QED) is 0.110. The second-order valence-electron chi connectivity index (χ2n) is 19.5. The molecule has 1 saturated carbocycles. The van der Waals surface area contributed by atoms with Crippen LogP contribution in [0.15, 0.2) is 59.6 Å². The fraction of sp³-hybridized carbons (Fsp3) is 0.633. The normalized spacial score (nSPS) is 41.6. The molecule has 0 aromatic heterocycles. The summed E-state index contributed by atoms with van der Waals surface area (Å²) in [5, 5.41) is 66.3. The summed E-state index contributed by atoms with van der Waals surface area (Å²) in [4.78, 5) is 53.7. The predicted molar refractivity (Wildman–Crippen MR) is 235 cm³/mol. The van der Waals surface area contributed by atoms with Crippen LogP contribution in [0.5, 0.6) is 5.75 Å². The number of phenolic OH excluding ortho intramolecular Hbond substituents is 1. The molecule has 6 N–H and O–H groups in total. The third-order valence-electron chi connectivity index (χ3n) is 15.4. The number of aliphatic hydroxyl groups excluding tert-OH is 4. The summed E-state index contributed by atoms with van der Waals surface area (Å²) in [7, 11) is 0. The number of carbonyl (C=O) groups excluding carboxylic acids is 3. The Bertz CT molecular complexity index is 2240. The largest absolute Gasteiger partial charge is 0.507 e. The van der Waals surface area contributed by atoms with E-state index in [1.807, 2.05) is 25.2 Å². The summed E-state index contributed by atoms with van der Waals surface area (Å²) in [5.41, 5.74) is -2.59. The highest BCUT2D eigenvalue weighted by molar-refractivity contribution is 6.32. The van der Waals surface area contributed by atoms with Gasteiger partial charge in [-0.2, -0.15) is 0 Å². The van der Waals surface area contributed by atoms with E-state index in [9.17, 15) is 49.8 Å². The number of aromatic hydroxyl groups is 1. The third-order valence-corrected chi connectivity index (χ3v) is 15.8. The van der Waals surface area contributed by atoms with Crippen LogP contribution in [0.4, 0.5) is 0 Å². The average Bonchev–Trinajstić information content (AvgIpc) is 3.50. The summed E-state index contributed by atoms with van der Waals surface area (Å²) < 4.78 is 42.3. The molecule has 4 aliphatic heterocycles. The molecular weight excluding hydrogens is 896 g/mol. The van der Waals surface area contributed by atoms with Crippen LogP contribution in [0.1, 0.15) is 101 Å². The van der Waals surface area contributed by atoms with Crippen molar-refractivity contribution >= 4 is 35.5 Å². The van der Waals surface area contributed by atoms with E-state index in [1.165, 1.54) is 18.2 Å². The van der Waals surface area contributed by atoms with Gasteiger partial charge in [-0.15, -0.1) is 0 Å². The van der Waals surface area contributed by atoms with Gasteiger partial charge < -0.3 is 63.8 Å². The zero-order chi connectivity index (χ0) is 48.3. The SMILES string of the molecule is Cc1c(Cl)ccc(O)c1C(=O)O[C@@H]1C[C@H](O[C@H]2[C@H](O)[C@@H](O)[C@H](O[C@@H]3CCC[C@@H]4[C@@H]3C=C[C@H]3CCCC/C=C\[C@@H]5C=C(C(=O)O)[C@H](C)C[C@]56OC(=O)C(=C6O)OC(=O)[C@@]43C)O[C@@H]2C)O[C@H](C)[C@H]1O. The second kappa shape index (κ2) is 19.2. The maximum atomic E-state index is 14.8. The Balaban J connectivity index is 0.970. The lowest BCUT2D eigenvalue weighted by molar-refractivity contribution is -0.343. The molecule has 17 atom stereocenters. The fourth-order valence-electron chi connectivity index (χ4n) is 11.5. The van der Waals surface area contributed by atoms with Gasteiger partial charge in [0.2, 0.25) is 0 Å². The predicted octanol–water partition coefficient (Wildman–Crippen LogP) is 5.63. The number of benzene rings is 1. The molecule has 7 aliphatic rings. The van der Waals surface area contributed by atoms with Crippen LogP contribution in [0.25, 0.3) is 0 Å². The molecule has 1 spiro atoms. The fourth-order valence-corrected chi connectivity index (χ4v) is 11.6. The van der Waals surface area contributed by atoms with Crippen LogP contribution in [0, 0.1) is 41.9 Å². The molecule has 2 bridgehead atoms. The van der Waals surface area contributed by atoms with Crippen LogP contribution in [-0.2, 0) is 47.5 Å². The maximum Gasteiger partial charge on any atom is 0.379 e. The Morgan fingerprint density at radius 1 is 0.881 bits per heavy atom. The van der Waals surface area contributed by atoms with Crippen LogP contribution >= 0.6 is 11.6 Å². The maximum absolute atomic E-state index is 14.8. The molecule has 18 heteroatoms. The molecule has 2 saturated heterocycles. The van der Waals surface area contributed by atoms with Crippen molar-refractivity contribution in [3.05, 3.63) is 75.8 Å². The van der Waals surface area contributed by atoms with Crippen molar-refractivity contribution in [1.82, 2.24) is 0 Å². The lowest BCUT2D eigenvalue weighted by Gasteiger charge is -2.51. The van der Waals surface area contributed by atoms with Gasteiger partial charge in [0.25, 0.3) is 5.76 Å². The molecule has 17 nitrogen and oxygen atoms in total. The second-order valence-corrected chi connectivity index (χ2v) is 19.9. The van der Waals surface area contributed by atoms with Gasteiger partial charge >= 0.3 is 23.9 Å². The number of hydrogen-bond donors (Lipinski definition) is 6. The number of phenols is 1. The van der Waals surface area contributed by atoms with Crippen molar-refractivity contribution in [3.8, 4) is 5.75 Å². The van der Waals surface area contributed by atoms with Crippen molar-refractivity contribution in [2.45, 2.75) is 159 Å². The number of halogens is 1. The lowest BCUT2D eigenvalue weighted by atomic mass is 9.55. The minimum atomic E-state index is -1.65. The van der Waals surface area contributed by atoms with E-state index < -0.39 is 126 Å². The van der Waals surface area contributed by atoms with Crippen molar-refractivity contribution in [2.24, 2.45) is 35.0 Å². The molecule has 0 amide bonds. The van der Waals surface area contributed by atoms with Crippen LogP contribution in [0.2, 0.25) is 5.02 Å². The van der Waals surface area contributed by atoms with Crippen LogP contribution in [-0.4, -0.2) is 122 Å². The molecule has 3 aliphatic carbocycles. The Kier molecular flexibility index (Phi) is 14.1. The summed E-state index contributed by atoms with van der Waals surface area (Å²) in [6, 6.07) is 2.71. The van der Waals surface area contributed by atoms with E-state index in [-0.39, 0.29) is 46.6 Å². The Morgan fingerprint density at radius 2 is 1.64 bits per heavy atom. The minimum absolute atomic E-state index is 0.0340. The van der Waals surface area contributed by atoms with Gasteiger partial charge in [0.05, 0.1) is 23.7 Å². The minimum Gasteiger partial charge on any atom is -0.507 e. The van der Waals surface area contributed by atoms with E-state index in [0.717, 1.165) is 12.8 Å². The van der Waals surface area contributed by atoms with Gasteiger partial charge in [0, 0.05) is 35.3 Å². The van der Waals surface area contributed by atoms with Gasteiger partial charge in [0.15, 0.2) is 23.9 Å². The lowest BCUT2D eigenvalue weighted by Crippen LogP contribution is -2.61. The molecule has 8 rings (SSSR count). The van der Waals surface area contributed by atoms with Crippen molar-refractivity contribution < 1.29 is 83.0 Å². The van der Waals surface area contributed by atoms with E-state index in [4.69, 9.17) is 44.8 Å². The number of aliphatic carboxylic acids is 1. The summed E-state index contributed by atoms with van der Waals surface area (Å²) in [5.74, 6) is -7.75. The van der Waals surface area contributed by atoms with Gasteiger partial charge in [-0.05, 0) is 95.2 Å². The van der Waals surface area contributed by atoms with Gasteiger partial charge in [0.1, 0.15) is 41.8 Å². The first kappa shape index (κ1) is 49.1. The number of ether oxygens (including phenoxy) is 7. The number of fused-ring (bicyclic) bond motifs is 3. The Hall–Kier alpha value is -4.33. The number of esters is 3. The highest BCUT2D eigenvalue weighted by Crippen LogP contribution is 2.55. The highest BCUT2D eigenvalue weighted by Gasteiger charge is 2.60. The smallest absolute Gasteiger partial charge is 0.379 e. The topological polar surface area (TPSA) is 254 Å². The zero-order valence-corrected chi connectivity index (χ0v) is 38.9. The van der Waals surface area contributed by atoms with E-state index in [1.54, 1.807) is 33.8 Å². The Morgan fingerprint density at radius 3 is 2.39 bits per heavy atom. The molecule has 67 heavy (non-hydrogen) atoms. The monoisotopic (exact) mass is 956 g/mol. The first-order chi connectivity index (χ1) is 31.8. The average molecular weight is 957 g/mol. The number of carboxylic acids is 1. The molecule has 1 aromatic rings. The molecule has 3 fully saturated rings. The molecule has 0 unspecified atom stereocenters. The molecule has 1 aromatic carbocycles. The zero-order valence-electron chi connectivity index (χ0n) is 38.1. The Labute approximate surface area is 393 Å². The number of carbonyl (C=O) groups is 4. The van der Waals surface area contributed by atoms with E-state index in [0.29, 0.717) is 37.7 Å². The number of allylic oxidation sites excluding steroid dienone is 2. The summed E-state index contributed by atoms with van der Waals surface area (Å²) in [6.45, 7) is 8.23. The van der Waals surface area contributed by atoms with Crippen molar-refractivity contribution in [3.63, 3.8) is 0 Å². The van der Waals surface area contributed by atoms with Crippen molar-refractivity contribution in [1.29, 1.82) is 0 Å². The highest BCUT2D eigenvalue weighted by atomic mass is 35.5. The standard InChI is InChI=1S/C49H61ClO17/c1-22-21-49-27(19-29(22)43(56)57)12-9-7-6-8-11-26-15-16-28-30(48(26,5)47(60)66-41(42(49)55)45(59)67-49)13-10-14-33(28)64-46-39(54)38(53)40(25(4)62-46)65-35-20-34(37(52)24(3)61-35)63-44(58)36-23(2)31(50)17-18-32(36)51/h9,12,15-19,22,24-28,30,33-35,37-40,46,51-55H,6-8,10-11,13-14,20-21H2,1-5H3,(H,56,57)/b12-9-/t22-,24-,25-,26-,27-,28+,30-,33-,34-,35+,37-,38-,39-,40-,46+,48-,49+/m1/s1. The van der Waals surface area contributed by atoms with Gasteiger partial charge in [-0.25, -0.2) is 14.4 Å². The molecule has 366 valence electrons. The number of rotatable bonds is 7. The number of hydrogen-bond acceptors (Lipinski definition) is 16. The van der Waals surface area contributed by atoms with Crippen LogP contribution < -0.4 is 0 Å². The van der Waals surface area contributed by atoms with E-state index >= 15 is 0 Å². The molecule has 0 radical (unpaired) electrons. The summed E-state index contributed by atoms with van der Waals surface area (Å²) in [6.07, 6.45) is 1.93. The van der Waals surface area contributed by atoms with E-state index in [2.05, 4.69) is 0 Å². The molecular formula is C49H61ClO17.